The van der Waals surface area contributed by atoms with Crippen LogP contribution >= 0.6 is 11.6 Å². The summed E-state index contributed by atoms with van der Waals surface area (Å²) in [6.07, 6.45) is 7.15. The van der Waals surface area contributed by atoms with E-state index in [0.29, 0.717) is 24.5 Å². The monoisotopic (exact) mass is 307 g/mol. The normalized spacial score (nSPS) is 19.9. The molecule has 3 rings (SSSR count). The van der Waals surface area contributed by atoms with Crippen LogP contribution in [0.1, 0.15) is 49.7 Å². The Hall–Kier alpha value is -1.06. The first kappa shape index (κ1) is 14.9. The Morgan fingerprint density at radius 3 is 2.81 bits per heavy atom. The van der Waals surface area contributed by atoms with Crippen molar-refractivity contribution < 1.29 is 9.53 Å². The first-order valence-corrected chi connectivity index (χ1v) is 8.18. The van der Waals surface area contributed by atoms with Gasteiger partial charge in [0, 0.05) is 35.4 Å². The molecule has 0 spiro atoms. The largest absolute Gasteiger partial charge is 0.493 e. The minimum atomic E-state index is -0.294. The maximum absolute atomic E-state index is 12.4. The third-order valence-electron chi connectivity index (χ3n) is 4.61. The molecule has 2 N–H and O–H groups in total. The smallest absolute Gasteiger partial charge is 0.139 e. The van der Waals surface area contributed by atoms with Crippen LogP contribution in [0.25, 0.3) is 0 Å². The quantitative estimate of drug-likeness (QED) is 0.927. The second-order valence-corrected chi connectivity index (χ2v) is 6.90. The number of ketones is 1. The topological polar surface area (TPSA) is 52.3 Å². The van der Waals surface area contributed by atoms with Crippen LogP contribution in [-0.2, 0) is 17.6 Å². The van der Waals surface area contributed by atoms with Crippen molar-refractivity contribution in [3.63, 3.8) is 0 Å². The van der Waals surface area contributed by atoms with Crippen molar-refractivity contribution in [3.8, 4) is 5.75 Å². The molecular weight excluding hydrogens is 286 g/mol. The summed E-state index contributed by atoms with van der Waals surface area (Å²) in [4.78, 5) is 12.4. The van der Waals surface area contributed by atoms with Crippen LogP contribution in [-0.4, -0.2) is 17.9 Å². The number of carbonyl (C=O) groups excluding carboxylic acids is 1. The number of halogens is 1. The summed E-state index contributed by atoms with van der Waals surface area (Å²) in [5.74, 6) is 1.06. The van der Waals surface area contributed by atoms with Gasteiger partial charge in [-0.05, 0) is 30.5 Å². The van der Waals surface area contributed by atoms with E-state index in [0.717, 1.165) is 49.0 Å². The molecule has 0 amide bonds. The zero-order valence-corrected chi connectivity index (χ0v) is 13.0. The van der Waals surface area contributed by atoms with Crippen LogP contribution in [0.4, 0.5) is 0 Å². The van der Waals surface area contributed by atoms with E-state index in [1.807, 2.05) is 12.1 Å². The van der Waals surface area contributed by atoms with Gasteiger partial charge in [0.1, 0.15) is 11.5 Å². The van der Waals surface area contributed by atoms with Crippen LogP contribution in [0.15, 0.2) is 12.1 Å². The van der Waals surface area contributed by atoms with Gasteiger partial charge >= 0.3 is 0 Å². The molecule has 2 aliphatic rings. The molecule has 1 aromatic carbocycles. The summed E-state index contributed by atoms with van der Waals surface area (Å²) in [5, 5.41) is 0.683. The van der Waals surface area contributed by atoms with Crippen molar-refractivity contribution in [3.05, 3.63) is 28.3 Å². The molecule has 4 heteroatoms. The van der Waals surface area contributed by atoms with Gasteiger partial charge in [-0.15, -0.1) is 0 Å². The SMILES string of the molecule is NC1(CC(=O)Cc2cc(Cl)cc3c2OCC3)CCCCC1. The van der Waals surface area contributed by atoms with Gasteiger partial charge < -0.3 is 10.5 Å². The standard InChI is InChI=1S/C17H22ClNO2/c18-14-8-12-4-7-21-16(12)13(9-14)10-15(20)11-17(19)5-2-1-3-6-17/h8-9H,1-7,10-11,19H2. The van der Waals surface area contributed by atoms with Gasteiger partial charge in [0.2, 0.25) is 0 Å². The van der Waals surface area contributed by atoms with Gasteiger partial charge in [-0.25, -0.2) is 0 Å². The summed E-state index contributed by atoms with van der Waals surface area (Å²) < 4.78 is 5.66. The highest BCUT2D eigenvalue weighted by atomic mass is 35.5. The first-order chi connectivity index (χ1) is 10.1. The maximum Gasteiger partial charge on any atom is 0.139 e. The first-order valence-electron chi connectivity index (χ1n) is 7.80. The van der Waals surface area contributed by atoms with Crippen molar-refractivity contribution in [2.75, 3.05) is 6.61 Å². The average molecular weight is 308 g/mol. The average Bonchev–Trinajstić information content (AvgIpc) is 2.86. The van der Waals surface area contributed by atoms with Crippen LogP contribution in [0.5, 0.6) is 5.75 Å². The molecule has 0 bridgehead atoms. The Bertz CT molecular complexity index is 550. The zero-order chi connectivity index (χ0) is 14.9. The Kier molecular flexibility index (Phi) is 4.23. The highest BCUT2D eigenvalue weighted by molar-refractivity contribution is 6.30. The number of carbonyl (C=O) groups is 1. The predicted octanol–water partition coefficient (Wildman–Crippen LogP) is 3.44. The van der Waals surface area contributed by atoms with Gasteiger partial charge in [-0.2, -0.15) is 0 Å². The summed E-state index contributed by atoms with van der Waals surface area (Å²) in [6.45, 7) is 0.678. The second kappa shape index (κ2) is 5.98. The molecule has 1 heterocycles. The molecule has 0 saturated heterocycles. The third kappa shape index (κ3) is 3.41. The number of benzene rings is 1. The molecule has 1 aliphatic carbocycles. The van der Waals surface area contributed by atoms with E-state index in [9.17, 15) is 4.79 Å². The molecule has 1 saturated carbocycles. The van der Waals surface area contributed by atoms with Crippen molar-refractivity contribution in [1.29, 1.82) is 0 Å². The second-order valence-electron chi connectivity index (χ2n) is 6.47. The molecule has 0 radical (unpaired) electrons. The molecule has 0 aromatic heterocycles. The summed E-state index contributed by atoms with van der Waals surface area (Å²) in [5.41, 5.74) is 8.12. The highest BCUT2D eigenvalue weighted by Gasteiger charge is 2.30. The number of nitrogens with two attached hydrogens (primary N) is 1. The Balaban J connectivity index is 1.70. The molecule has 1 aromatic rings. The molecular formula is C17H22ClNO2. The molecule has 0 unspecified atom stereocenters. The van der Waals surface area contributed by atoms with Crippen LogP contribution in [0.3, 0.4) is 0 Å². The van der Waals surface area contributed by atoms with E-state index in [1.165, 1.54) is 6.42 Å². The zero-order valence-electron chi connectivity index (χ0n) is 12.3. The van der Waals surface area contributed by atoms with Gasteiger partial charge in [-0.1, -0.05) is 30.9 Å². The lowest BCUT2D eigenvalue weighted by Gasteiger charge is -2.32. The van der Waals surface area contributed by atoms with E-state index in [4.69, 9.17) is 22.1 Å². The molecule has 3 nitrogen and oxygen atoms in total. The number of fused-ring (bicyclic) bond motifs is 1. The van der Waals surface area contributed by atoms with Gasteiger partial charge in [0.05, 0.1) is 6.61 Å². The lowest BCUT2D eigenvalue weighted by atomic mass is 9.78. The Labute approximate surface area is 130 Å². The highest BCUT2D eigenvalue weighted by Crippen LogP contribution is 2.34. The fraction of sp³-hybridized carbons (Fsp3) is 0.588. The van der Waals surface area contributed by atoms with Gasteiger partial charge in [0.15, 0.2) is 0 Å². The van der Waals surface area contributed by atoms with E-state index in [-0.39, 0.29) is 11.3 Å². The van der Waals surface area contributed by atoms with Crippen molar-refractivity contribution in [2.45, 2.75) is 56.9 Å². The summed E-state index contributed by atoms with van der Waals surface area (Å²) in [6, 6.07) is 3.79. The fourth-order valence-electron chi connectivity index (χ4n) is 3.58. The fourth-order valence-corrected chi connectivity index (χ4v) is 3.84. The van der Waals surface area contributed by atoms with Gasteiger partial charge in [-0.3, -0.25) is 4.79 Å². The van der Waals surface area contributed by atoms with E-state index in [2.05, 4.69) is 0 Å². The van der Waals surface area contributed by atoms with Crippen molar-refractivity contribution in [1.82, 2.24) is 0 Å². The van der Waals surface area contributed by atoms with Crippen LogP contribution in [0.2, 0.25) is 5.02 Å². The number of Topliss-reactive ketones (excluding diaryl/α,β-unsaturated/α-hetero) is 1. The number of ether oxygens (including phenoxy) is 1. The number of hydrogen-bond donors (Lipinski definition) is 1. The third-order valence-corrected chi connectivity index (χ3v) is 4.83. The Morgan fingerprint density at radius 1 is 1.29 bits per heavy atom. The Morgan fingerprint density at radius 2 is 2.05 bits per heavy atom. The van der Waals surface area contributed by atoms with E-state index < -0.39 is 0 Å². The summed E-state index contributed by atoms with van der Waals surface area (Å²) >= 11 is 6.14. The molecule has 1 fully saturated rings. The van der Waals surface area contributed by atoms with Crippen molar-refractivity contribution >= 4 is 17.4 Å². The van der Waals surface area contributed by atoms with E-state index >= 15 is 0 Å². The molecule has 21 heavy (non-hydrogen) atoms. The van der Waals surface area contributed by atoms with E-state index in [1.54, 1.807) is 0 Å². The lowest BCUT2D eigenvalue weighted by molar-refractivity contribution is -0.119. The maximum atomic E-state index is 12.4. The minimum absolute atomic E-state index is 0.194. The van der Waals surface area contributed by atoms with Crippen molar-refractivity contribution in [2.24, 2.45) is 5.73 Å². The molecule has 114 valence electrons. The molecule has 0 atom stereocenters. The number of hydrogen-bond acceptors (Lipinski definition) is 3. The van der Waals surface area contributed by atoms with Crippen LogP contribution < -0.4 is 10.5 Å². The lowest BCUT2D eigenvalue weighted by Crippen LogP contribution is -2.43. The molecule has 1 aliphatic heterocycles. The number of rotatable bonds is 4. The minimum Gasteiger partial charge on any atom is -0.493 e. The van der Waals surface area contributed by atoms with Gasteiger partial charge in [0.25, 0.3) is 0 Å². The predicted molar refractivity (Wildman–Crippen MR) is 84.0 cm³/mol. The van der Waals surface area contributed by atoms with Crippen LogP contribution in [0, 0.1) is 0 Å². The summed E-state index contributed by atoms with van der Waals surface area (Å²) in [7, 11) is 0.